The van der Waals surface area contributed by atoms with E-state index in [0.717, 1.165) is 18.2 Å². The monoisotopic (exact) mass is 648 g/mol. The second kappa shape index (κ2) is 9.96. The molecular formula is C21H6F18O3. The number of carboxylic acid groups (broad SMARTS) is 1. The van der Waals surface area contributed by atoms with Gasteiger partial charge in [-0.15, -0.1) is 0 Å². The predicted octanol–water partition coefficient (Wildman–Crippen LogP) is 7.86. The highest BCUT2D eigenvalue weighted by Crippen LogP contribution is 2.64. The molecule has 3 nitrogen and oxygen atoms in total. The Morgan fingerprint density at radius 3 is 1.33 bits per heavy atom. The van der Waals surface area contributed by atoms with Crippen LogP contribution >= 0.6 is 0 Å². The Morgan fingerprint density at radius 1 is 0.524 bits per heavy atom. The molecule has 0 bridgehead atoms. The molecule has 42 heavy (non-hydrogen) atoms. The third-order valence-corrected chi connectivity index (χ3v) is 5.44. The third kappa shape index (κ3) is 4.50. The fourth-order valence-corrected chi connectivity index (χ4v) is 3.24. The molecule has 2 rings (SSSR count). The summed E-state index contributed by atoms with van der Waals surface area (Å²) in [5.41, 5.74) is -11.0. The zero-order valence-corrected chi connectivity index (χ0v) is 19.0. The quantitative estimate of drug-likeness (QED) is 0.171. The van der Waals surface area contributed by atoms with Crippen molar-refractivity contribution in [3.63, 3.8) is 0 Å². The first-order valence-electron chi connectivity index (χ1n) is 9.94. The number of carbonyl (C=O) groups is 2. The average molecular weight is 648 g/mol. The van der Waals surface area contributed by atoms with Crippen LogP contribution in [0.1, 0.15) is 31.8 Å². The topological polar surface area (TPSA) is 54.4 Å². The standard InChI is InChI=1S/C21H6F18O3/c22-10-8(14(41)42)7(13(40)6-4-2-1-3-5-6)9(11(23)12(10)24)15(25,26)16(27,28)17(29,30)18(31,32)19(33,34)20(35,36)21(37,38)39/h1-5H,(H,41,42). The molecule has 234 valence electrons. The number of alkyl halides is 15. The van der Waals surface area contributed by atoms with Gasteiger partial charge in [0.05, 0.1) is 11.1 Å². The van der Waals surface area contributed by atoms with E-state index in [2.05, 4.69) is 0 Å². The van der Waals surface area contributed by atoms with E-state index < -0.39 is 93.2 Å². The summed E-state index contributed by atoms with van der Waals surface area (Å²) in [4.78, 5) is 24.0. The van der Waals surface area contributed by atoms with Gasteiger partial charge in [-0.1, -0.05) is 30.3 Å². The van der Waals surface area contributed by atoms with Gasteiger partial charge in [0.2, 0.25) is 0 Å². The summed E-state index contributed by atoms with van der Waals surface area (Å²) in [6.07, 6.45) is -7.91. The molecule has 0 aliphatic carbocycles. The molecule has 0 unspecified atom stereocenters. The van der Waals surface area contributed by atoms with Crippen LogP contribution in [0.3, 0.4) is 0 Å². The minimum atomic E-state index is -8.83. The maximum absolute atomic E-state index is 14.9. The van der Waals surface area contributed by atoms with Crippen molar-refractivity contribution < 1.29 is 93.7 Å². The summed E-state index contributed by atoms with van der Waals surface area (Å²) in [5, 5.41) is 9.04. The van der Waals surface area contributed by atoms with Crippen LogP contribution < -0.4 is 0 Å². The van der Waals surface area contributed by atoms with Gasteiger partial charge in [0, 0.05) is 5.56 Å². The minimum Gasteiger partial charge on any atom is -0.478 e. The van der Waals surface area contributed by atoms with Crippen molar-refractivity contribution in [3.8, 4) is 0 Å². The number of aromatic carboxylic acids is 1. The number of carboxylic acids is 1. The van der Waals surface area contributed by atoms with E-state index in [1.165, 1.54) is 0 Å². The fraction of sp³-hybridized carbons (Fsp3) is 0.333. The number of hydrogen-bond donors (Lipinski definition) is 1. The summed E-state index contributed by atoms with van der Waals surface area (Å²) >= 11 is 0. The van der Waals surface area contributed by atoms with Gasteiger partial charge in [-0.2, -0.15) is 65.9 Å². The van der Waals surface area contributed by atoms with E-state index in [-0.39, 0.29) is 0 Å². The summed E-state index contributed by atoms with van der Waals surface area (Å²) in [6, 6.07) is 3.46. The van der Waals surface area contributed by atoms with Gasteiger partial charge in [0.25, 0.3) is 0 Å². The van der Waals surface area contributed by atoms with Gasteiger partial charge in [0.1, 0.15) is 5.56 Å². The van der Waals surface area contributed by atoms with Crippen molar-refractivity contribution in [2.45, 2.75) is 41.7 Å². The molecule has 21 heteroatoms. The smallest absolute Gasteiger partial charge is 0.460 e. The van der Waals surface area contributed by atoms with Crippen LogP contribution in [-0.4, -0.2) is 52.6 Å². The molecule has 1 N–H and O–H groups in total. The highest BCUT2D eigenvalue weighted by atomic mass is 19.4. The predicted molar refractivity (Wildman–Crippen MR) is 97.8 cm³/mol. The van der Waals surface area contributed by atoms with Crippen molar-refractivity contribution in [1.82, 2.24) is 0 Å². The zero-order valence-electron chi connectivity index (χ0n) is 19.0. The third-order valence-electron chi connectivity index (χ3n) is 5.44. The first-order valence-corrected chi connectivity index (χ1v) is 9.94. The Hall–Kier alpha value is -3.68. The molecule has 0 radical (unpaired) electrons. The van der Waals surface area contributed by atoms with E-state index in [0.29, 0.717) is 12.1 Å². The Morgan fingerprint density at radius 2 is 0.929 bits per heavy atom. The summed E-state index contributed by atoms with van der Waals surface area (Å²) < 4.78 is 247. The first kappa shape index (κ1) is 34.5. The van der Waals surface area contributed by atoms with Crippen molar-refractivity contribution >= 4 is 11.8 Å². The van der Waals surface area contributed by atoms with Crippen molar-refractivity contribution in [1.29, 1.82) is 0 Å². The molecule has 0 saturated carbocycles. The molecule has 2 aromatic rings. The first-order chi connectivity index (χ1) is 18.6. The number of benzene rings is 2. The fourth-order valence-electron chi connectivity index (χ4n) is 3.24. The second-order valence-electron chi connectivity index (χ2n) is 8.01. The van der Waals surface area contributed by atoms with Gasteiger partial charge >= 0.3 is 47.7 Å². The van der Waals surface area contributed by atoms with Gasteiger partial charge in [-0.3, -0.25) is 4.79 Å². The highest BCUT2D eigenvalue weighted by molar-refractivity contribution is 6.15. The van der Waals surface area contributed by atoms with Gasteiger partial charge < -0.3 is 5.11 Å². The van der Waals surface area contributed by atoms with Crippen LogP contribution in [0, 0.1) is 17.5 Å². The molecule has 0 fully saturated rings. The van der Waals surface area contributed by atoms with E-state index in [9.17, 15) is 88.6 Å². The molecule has 0 atom stereocenters. The number of rotatable bonds is 9. The van der Waals surface area contributed by atoms with Crippen LogP contribution in [0.5, 0.6) is 0 Å². The Labute approximate surface area is 218 Å². The second-order valence-corrected chi connectivity index (χ2v) is 8.01. The molecule has 0 aliphatic heterocycles. The number of halogens is 18. The Kier molecular flexibility index (Phi) is 8.18. The molecular weight excluding hydrogens is 642 g/mol. The largest absolute Gasteiger partial charge is 0.478 e. The average Bonchev–Trinajstić information content (AvgIpc) is 2.85. The van der Waals surface area contributed by atoms with Crippen LogP contribution in [-0.2, 0) is 5.92 Å². The number of carbonyl (C=O) groups excluding carboxylic acids is 1. The van der Waals surface area contributed by atoms with Crippen molar-refractivity contribution in [2.75, 3.05) is 0 Å². The Bertz CT molecular complexity index is 1400. The highest BCUT2D eigenvalue weighted by Gasteiger charge is 2.93. The number of ketones is 1. The molecule has 2 aromatic carbocycles. The molecule has 0 amide bonds. The summed E-state index contributed by atoms with van der Waals surface area (Å²) in [6.45, 7) is 0. The van der Waals surface area contributed by atoms with E-state index in [4.69, 9.17) is 5.11 Å². The van der Waals surface area contributed by atoms with E-state index in [1.54, 1.807) is 0 Å². The van der Waals surface area contributed by atoms with Gasteiger partial charge in [-0.05, 0) is 0 Å². The SMILES string of the molecule is O=C(O)c1c(F)c(F)c(F)c(C(F)(F)C(F)(F)C(F)(F)C(F)(F)C(F)(F)C(F)(F)C(F)(F)F)c1C(=O)c1ccccc1. The van der Waals surface area contributed by atoms with Crippen molar-refractivity contribution in [3.05, 3.63) is 70.0 Å². The van der Waals surface area contributed by atoms with Crippen molar-refractivity contribution in [2.24, 2.45) is 0 Å². The molecule has 0 heterocycles. The molecule has 0 spiro atoms. The molecule has 0 aromatic heterocycles. The lowest BCUT2D eigenvalue weighted by atomic mass is 9.83. The maximum atomic E-state index is 14.9. The van der Waals surface area contributed by atoms with E-state index >= 15 is 0 Å². The maximum Gasteiger partial charge on any atom is 0.460 e. The van der Waals surface area contributed by atoms with E-state index in [1.807, 2.05) is 0 Å². The van der Waals surface area contributed by atoms with Crippen LogP contribution in [0.2, 0.25) is 0 Å². The van der Waals surface area contributed by atoms with Gasteiger partial charge in [0.15, 0.2) is 23.2 Å². The van der Waals surface area contributed by atoms with Crippen LogP contribution in [0.4, 0.5) is 79.0 Å². The summed E-state index contributed by atoms with van der Waals surface area (Å²) in [5.74, 6) is -67.2. The lowest BCUT2D eigenvalue weighted by Gasteiger charge is -2.41. The lowest BCUT2D eigenvalue weighted by Crippen LogP contribution is -2.72. The van der Waals surface area contributed by atoms with Crippen LogP contribution in [0.15, 0.2) is 30.3 Å². The minimum absolute atomic E-state index is 0.454. The normalized spacial score (nSPS) is 14.2. The molecule has 0 aliphatic rings. The Balaban J connectivity index is 3.05. The zero-order chi connectivity index (χ0) is 33.2. The lowest BCUT2D eigenvalue weighted by molar-refractivity contribution is -0.453. The summed E-state index contributed by atoms with van der Waals surface area (Å²) in [7, 11) is 0. The van der Waals surface area contributed by atoms with Crippen LogP contribution in [0.25, 0.3) is 0 Å². The molecule has 0 saturated heterocycles. The number of hydrogen-bond acceptors (Lipinski definition) is 2. The van der Waals surface area contributed by atoms with Gasteiger partial charge in [-0.25, -0.2) is 18.0 Å².